The molecule has 1 aromatic heterocycles. The molecular weight excluding hydrogens is 332 g/mol. The standard InChI is InChI=1S/C21H24O5/c1-15(2)7-4-5-9-20(22)25-12-6-8-16-14-26-19-13-17(24-3)10-11-18(19)21(16)23/h10-11,13-15H,4-5,7,9,12H2,1-3H3. The molecular formula is C21H24O5. The largest absolute Gasteiger partial charge is 0.497 e. The highest BCUT2D eigenvalue weighted by Gasteiger charge is 2.06. The van der Waals surface area contributed by atoms with Gasteiger partial charge in [-0.1, -0.05) is 38.5 Å². The lowest BCUT2D eigenvalue weighted by molar-refractivity contribution is -0.142. The summed E-state index contributed by atoms with van der Waals surface area (Å²) in [5, 5.41) is 0.430. The van der Waals surface area contributed by atoms with Gasteiger partial charge in [-0.05, 0) is 24.5 Å². The second-order valence-corrected chi connectivity index (χ2v) is 6.44. The second kappa shape index (κ2) is 9.67. The van der Waals surface area contributed by atoms with E-state index in [1.165, 1.54) is 6.26 Å². The Bertz CT molecular complexity index is 867. The maximum Gasteiger partial charge on any atom is 0.306 e. The quantitative estimate of drug-likeness (QED) is 0.427. The maximum absolute atomic E-state index is 12.4. The van der Waals surface area contributed by atoms with E-state index < -0.39 is 0 Å². The van der Waals surface area contributed by atoms with Crippen molar-refractivity contribution in [2.75, 3.05) is 13.7 Å². The Balaban J connectivity index is 1.90. The van der Waals surface area contributed by atoms with Gasteiger partial charge in [0.1, 0.15) is 23.2 Å². The number of esters is 1. The van der Waals surface area contributed by atoms with Crippen LogP contribution in [0.25, 0.3) is 11.0 Å². The number of rotatable bonds is 7. The second-order valence-electron chi connectivity index (χ2n) is 6.44. The van der Waals surface area contributed by atoms with Crippen LogP contribution in [0, 0.1) is 17.8 Å². The molecule has 0 atom stereocenters. The van der Waals surface area contributed by atoms with Crippen molar-refractivity contribution in [3.8, 4) is 17.6 Å². The van der Waals surface area contributed by atoms with Crippen LogP contribution in [0.1, 0.15) is 45.1 Å². The zero-order valence-corrected chi connectivity index (χ0v) is 15.5. The van der Waals surface area contributed by atoms with Crippen molar-refractivity contribution in [2.24, 2.45) is 5.92 Å². The Morgan fingerprint density at radius 1 is 1.27 bits per heavy atom. The van der Waals surface area contributed by atoms with E-state index in [2.05, 4.69) is 25.7 Å². The molecule has 0 unspecified atom stereocenters. The van der Waals surface area contributed by atoms with Crippen LogP contribution in [-0.2, 0) is 9.53 Å². The van der Waals surface area contributed by atoms with E-state index in [0.717, 1.165) is 19.3 Å². The molecule has 0 aliphatic heterocycles. The molecule has 138 valence electrons. The molecule has 1 heterocycles. The Morgan fingerprint density at radius 2 is 2.08 bits per heavy atom. The van der Waals surface area contributed by atoms with Gasteiger partial charge in [0.25, 0.3) is 0 Å². The molecule has 0 amide bonds. The zero-order chi connectivity index (χ0) is 18.9. The van der Waals surface area contributed by atoms with E-state index in [0.29, 0.717) is 29.1 Å². The number of methoxy groups -OCH3 is 1. The lowest BCUT2D eigenvalue weighted by Crippen LogP contribution is -2.07. The maximum atomic E-state index is 12.4. The van der Waals surface area contributed by atoms with Crippen LogP contribution in [-0.4, -0.2) is 19.7 Å². The first-order valence-electron chi connectivity index (χ1n) is 8.75. The summed E-state index contributed by atoms with van der Waals surface area (Å²) in [6, 6.07) is 4.98. The first-order chi connectivity index (χ1) is 12.5. The van der Waals surface area contributed by atoms with Gasteiger partial charge in [0.05, 0.1) is 12.5 Å². The highest BCUT2D eigenvalue weighted by molar-refractivity contribution is 5.79. The summed E-state index contributed by atoms with van der Waals surface area (Å²) in [6.45, 7) is 4.28. The zero-order valence-electron chi connectivity index (χ0n) is 15.5. The van der Waals surface area contributed by atoms with Crippen LogP contribution < -0.4 is 10.2 Å². The van der Waals surface area contributed by atoms with E-state index in [4.69, 9.17) is 13.9 Å². The van der Waals surface area contributed by atoms with E-state index in [9.17, 15) is 9.59 Å². The smallest absolute Gasteiger partial charge is 0.306 e. The minimum absolute atomic E-state index is 0.0386. The fraction of sp³-hybridized carbons (Fsp3) is 0.429. The number of ether oxygens (including phenoxy) is 2. The monoisotopic (exact) mass is 356 g/mol. The Morgan fingerprint density at radius 3 is 2.81 bits per heavy atom. The van der Waals surface area contributed by atoms with Crippen molar-refractivity contribution in [3.05, 3.63) is 40.2 Å². The third-order valence-electron chi connectivity index (χ3n) is 3.92. The van der Waals surface area contributed by atoms with Gasteiger partial charge in [-0.25, -0.2) is 0 Å². The van der Waals surface area contributed by atoms with Gasteiger partial charge >= 0.3 is 5.97 Å². The summed E-state index contributed by atoms with van der Waals surface area (Å²) in [6.07, 6.45) is 4.65. The third kappa shape index (κ3) is 5.66. The van der Waals surface area contributed by atoms with Crippen molar-refractivity contribution in [3.63, 3.8) is 0 Å². The molecule has 0 saturated carbocycles. The molecule has 0 radical (unpaired) electrons. The summed E-state index contributed by atoms with van der Waals surface area (Å²) in [7, 11) is 1.55. The summed E-state index contributed by atoms with van der Waals surface area (Å²) in [4.78, 5) is 24.0. The van der Waals surface area contributed by atoms with E-state index in [-0.39, 0.29) is 23.6 Å². The number of hydrogen-bond donors (Lipinski definition) is 0. The lowest BCUT2D eigenvalue weighted by atomic mass is 10.1. The number of carbonyl (C=O) groups is 1. The molecule has 2 rings (SSSR count). The van der Waals surface area contributed by atoms with Crippen LogP contribution in [0.4, 0.5) is 0 Å². The van der Waals surface area contributed by atoms with Crippen LogP contribution >= 0.6 is 0 Å². The van der Waals surface area contributed by atoms with Gasteiger partial charge in [0.15, 0.2) is 6.61 Å². The van der Waals surface area contributed by atoms with E-state index in [1.54, 1.807) is 25.3 Å². The summed E-state index contributed by atoms with van der Waals surface area (Å²) >= 11 is 0. The van der Waals surface area contributed by atoms with Gasteiger partial charge in [-0.15, -0.1) is 0 Å². The molecule has 0 N–H and O–H groups in total. The molecule has 1 aromatic carbocycles. The molecule has 0 spiro atoms. The number of fused-ring (bicyclic) bond motifs is 1. The predicted octanol–water partition coefficient (Wildman–Crippen LogP) is 3.91. The van der Waals surface area contributed by atoms with Gasteiger partial charge < -0.3 is 13.9 Å². The number of hydrogen-bond acceptors (Lipinski definition) is 5. The first kappa shape index (κ1) is 19.6. The summed E-state index contributed by atoms with van der Waals surface area (Å²) in [5.41, 5.74) is 0.449. The normalized spacial score (nSPS) is 10.5. The lowest BCUT2D eigenvalue weighted by Gasteiger charge is -2.03. The average Bonchev–Trinajstić information content (AvgIpc) is 2.63. The molecule has 5 heteroatoms. The van der Waals surface area contributed by atoms with Gasteiger partial charge in [-0.3, -0.25) is 9.59 Å². The van der Waals surface area contributed by atoms with Gasteiger partial charge in [-0.2, -0.15) is 0 Å². The predicted molar refractivity (Wildman–Crippen MR) is 100 cm³/mol. The van der Waals surface area contributed by atoms with Gasteiger partial charge in [0.2, 0.25) is 5.43 Å². The molecule has 0 aliphatic carbocycles. The fourth-order valence-corrected chi connectivity index (χ4v) is 2.46. The number of benzene rings is 1. The molecule has 0 saturated heterocycles. The SMILES string of the molecule is COc1ccc2c(=O)c(C#CCOC(=O)CCCCC(C)C)coc2c1. The molecule has 2 aromatic rings. The minimum atomic E-state index is -0.263. The van der Waals surface area contributed by atoms with Crippen molar-refractivity contribution in [1.29, 1.82) is 0 Å². The molecule has 0 aliphatic rings. The molecule has 0 bridgehead atoms. The highest BCUT2D eigenvalue weighted by Crippen LogP contribution is 2.18. The number of carbonyl (C=O) groups excluding carboxylic acids is 1. The van der Waals surface area contributed by atoms with Gasteiger partial charge in [0, 0.05) is 12.5 Å². The first-order valence-corrected chi connectivity index (χ1v) is 8.75. The van der Waals surface area contributed by atoms with Crippen LogP contribution in [0.2, 0.25) is 0 Å². The van der Waals surface area contributed by atoms with Crippen molar-refractivity contribution in [1.82, 2.24) is 0 Å². The topological polar surface area (TPSA) is 65.7 Å². The van der Waals surface area contributed by atoms with Crippen molar-refractivity contribution in [2.45, 2.75) is 39.5 Å². The van der Waals surface area contributed by atoms with Crippen molar-refractivity contribution >= 4 is 16.9 Å². The van der Waals surface area contributed by atoms with E-state index >= 15 is 0 Å². The van der Waals surface area contributed by atoms with Crippen molar-refractivity contribution < 1.29 is 18.7 Å². The highest BCUT2D eigenvalue weighted by atomic mass is 16.5. The van der Waals surface area contributed by atoms with Crippen LogP contribution in [0.5, 0.6) is 5.75 Å². The minimum Gasteiger partial charge on any atom is -0.497 e. The average molecular weight is 356 g/mol. The summed E-state index contributed by atoms with van der Waals surface area (Å²) in [5.74, 6) is 6.39. The summed E-state index contributed by atoms with van der Waals surface area (Å²) < 4.78 is 15.6. The number of unbranched alkanes of at least 4 members (excludes halogenated alkanes) is 1. The molecule has 0 fully saturated rings. The fourth-order valence-electron chi connectivity index (χ4n) is 2.46. The van der Waals surface area contributed by atoms with E-state index in [1.807, 2.05) is 0 Å². The molecule has 5 nitrogen and oxygen atoms in total. The Hall–Kier alpha value is -2.74. The molecule has 26 heavy (non-hydrogen) atoms. The Labute approximate surface area is 153 Å². The van der Waals surface area contributed by atoms with Crippen LogP contribution in [0.3, 0.4) is 0 Å². The Kier molecular flexibility index (Phi) is 7.28. The van der Waals surface area contributed by atoms with Crippen LogP contribution in [0.15, 0.2) is 33.7 Å². The third-order valence-corrected chi connectivity index (χ3v) is 3.92.